The van der Waals surface area contributed by atoms with E-state index in [1.165, 1.54) is 0 Å². The number of carbonyl (C=O) groups is 2. The molecule has 0 aliphatic carbocycles. The van der Waals surface area contributed by atoms with Crippen LogP contribution in [0.25, 0.3) is 0 Å². The number of hydrogen-bond acceptors (Lipinski definition) is 4. The van der Waals surface area contributed by atoms with Crippen LogP contribution in [0.1, 0.15) is 12.8 Å². The molecule has 2 amide bonds. The lowest BCUT2D eigenvalue weighted by molar-refractivity contribution is -0.139. The van der Waals surface area contributed by atoms with Gasteiger partial charge in [0.2, 0.25) is 0 Å². The number of amides is 2. The van der Waals surface area contributed by atoms with Crippen molar-refractivity contribution in [3.05, 3.63) is 0 Å². The summed E-state index contributed by atoms with van der Waals surface area (Å²) < 4.78 is 5.25. The Morgan fingerprint density at radius 3 is 2.89 bits per heavy atom. The topological polar surface area (TPSA) is 78.9 Å². The van der Waals surface area contributed by atoms with Gasteiger partial charge in [-0.2, -0.15) is 11.8 Å². The number of thioether (sulfide) groups is 1. The second-order valence-electron chi connectivity index (χ2n) is 4.07. The highest BCUT2D eigenvalue weighted by Gasteiger charge is 2.23. The van der Waals surface area contributed by atoms with Crippen LogP contribution in [0.3, 0.4) is 0 Å². The first-order valence-electron chi connectivity index (χ1n) is 6.00. The fraction of sp³-hybridized carbons (Fsp3) is 0.818. The summed E-state index contributed by atoms with van der Waals surface area (Å²) in [6, 6.07) is -1.12. The molecule has 1 atom stereocenters. The molecule has 0 unspecified atom stereocenters. The van der Waals surface area contributed by atoms with E-state index in [0.29, 0.717) is 38.5 Å². The molecule has 1 aliphatic rings. The fourth-order valence-electron chi connectivity index (χ4n) is 1.68. The number of nitrogens with zero attached hydrogens (tertiary/aromatic N) is 1. The van der Waals surface area contributed by atoms with E-state index < -0.39 is 12.0 Å². The Bertz CT molecular complexity index is 280. The Morgan fingerprint density at radius 2 is 2.22 bits per heavy atom. The zero-order chi connectivity index (χ0) is 13.4. The lowest BCUT2D eigenvalue weighted by Gasteiger charge is -2.23. The Balaban J connectivity index is 2.45. The number of nitrogens with one attached hydrogen (secondary N) is 1. The summed E-state index contributed by atoms with van der Waals surface area (Å²) in [6.07, 6.45) is 3.13. The van der Waals surface area contributed by atoms with Crippen LogP contribution in [0.15, 0.2) is 0 Å². The molecule has 0 saturated carbocycles. The van der Waals surface area contributed by atoms with E-state index in [2.05, 4.69) is 5.32 Å². The highest BCUT2D eigenvalue weighted by Crippen LogP contribution is 2.04. The smallest absolute Gasteiger partial charge is 0.326 e. The van der Waals surface area contributed by atoms with Crippen molar-refractivity contribution in [2.75, 3.05) is 38.3 Å². The molecule has 104 valence electrons. The van der Waals surface area contributed by atoms with Crippen LogP contribution in [0.5, 0.6) is 0 Å². The minimum absolute atomic E-state index is 0.311. The van der Waals surface area contributed by atoms with Gasteiger partial charge in [-0.15, -0.1) is 0 Å². The van der Waals surface area contributed by atoms with Gasteiger partial charge in [0.25, 0.3) is 0 Å². The van der Waals surface area contributed by atoms with Crippen molar-refractivity contribution in [1.29, 1.82) is 0 Å². The first-order chi connectivity index (χ1) is 8.65. The second-order valence-corrected chi connectivity index (χ2v) is 5.06. The molecule has 1 aliphatic heterocycles. The zero-order valence-corrected chi connectivity index (χ0v) is 11.4. The maximum absolute atomic E-state index is 11.9. The number of carboxylic acids is 1. The molecule has 7 heteroatoms. The molecule has 1 rings (SSSR count). The van der Waals surface area contributed by atoms with Crippen LogP contribution in [0.2, 0.25) is 0 Å². The van der Waals surface area contributed by atoms with E-state index in [0.717, 1.165) is 6.42 Å². The fourth-order valence-corrected chi connectivity index (χ4v) is 2.15. The molecule has 1 saturated heterocycles. The van der Waals surface area contributed by atoms with Crippen LogP contribution in [-0.4, -0.2) is 66.4 Å². The molecular weight excluding hydrogens is 256 g/mol. The Morgan fingerprint density at radius 1 is 1.44 bits per heavy atom. The standard InChI is InChI=1S/C11H20N2O4S/c1-18-8-3-9(10(14)15)12-11(16)13-4-2-6-17-7-5-13/h9H,2-8H2,1H3,(H,12,16)(H,14,15)/t9-/m0/s1. The Hall–Kier alpha value is -0.950. The van der Waals surface area contributed by atoms with Gasteiger partial charge in [0.15, 0.2) is 0 Å². The van der Waals surface area contributed by atoms with Crippen molar-refractivity contribution in [3.8, 4) is 0 Å². The Labute approximate surface area is 111 Å². The maximum Gasteiger partial charge on any atom is 0.326 e. The summed E-state index contributed by atoms with van der Waals surface area (Å²) in [7, 11) is 0. The third-order valence-electron chi connectivity index (χ3n) is 2.72. The molecule has 1 heterocycles. The number of urea groups is 1. The summed E-state index contributed by atoms with van der Waals surface area (Å²) in [5.41, 5.74) is 0. The highest BCUT2D eigenvalue weighted by molar-refractivity contribution is 7.98. The molecule has 0 spiro atoms. The van der Waals surface area contributed by atoms with Gasteiger partial charge < -0.3 is 20.1 Å². The van der Waals surface area contributed by atoms with Gasteiger partial charge in [0.05, 0.1) is 6.61 Å². The van der Waals surface area contributed by atoms with Gasteiger partial charge >= 0.3 is 12.0 Å². The summed E-state index contributed by atoms with van der Waals surface area (Å²) in [6.45, 7) is 2.29. The Kier molecular flexibility index (Phi) is 6.89. The number of aliphatic carboxylic acids is 1. The van der Waals surface area contributed by atoms with Crippen LogP contribution < -0.4 is 5.32 Å². The molecule has 0 aromatic rings. The van der Waals surface area contributed by atoms with Crippen molar-refractivity contribution < 1.29 is 19.4 Å². The number of rotatable bonds is 5. The van der Waals surface area contributed by atoms with Crippen LogP contribution in [0.4, 0.5) is 4.79 Å². The second kappa shape index (κ2) is 8.20. The SMILES string of the molecule is CSCC[C@H](NC(=O)N1CCCOCC1)C(=O)O. The van der Waals surface area contributed by atoms with E-state index in [1.807, 2.05) is 6.26 Å². The minimum Gasteiger partial charge on any atom is -0.480 e. The van der Waals surface area contributed by atoms with Crippen molar-refractivity contribution >= 4 is 23.8 Å². The first-order valence-corrected chi connectivity index (χ1v) is 7.39. The van der Waals surface area contributed by atoms with Gasteiger partial charge in [-0.1, -0.05) is 0 Å². The van der Waals surface area contributed by atoms with E-state index in [-0.39, 0.29) is 6.03 Å². The molecular formula is C11H20N2O4S. The van der Waals surface area contributed by atoms with Crippen molar-refractivity contribution in [2.45, 2.75) is 18.9 Å². The largest absolute Gasteiger partial charge is 0.480 e. The molecule has 0 aromatic heterocycles. The third-order valence-corrected chi connectivity index (χ3v) is 3.36. The average molecular weight is 276 g/mol. The maximum atomic E-state index is 11.9. The highest BCUT2D eigenvalue weighted by atomic mass is 32.2. The van der Waals surface area contributed by atoms with Crippen molar-refractivity contribution in [2.24, 2.45) is 0 Å². The first kappa shape index (κ1) is 15.1. The van der Waals surface area contributed by atoms with Crippen LogP contribution in [0, 0.1) is 0 Å². The van der Waals surface area contributed by atoms with Gasteiger partial charge in [0, 0.05) is 19.7 Å². The van der Waals surface area contributed by atoms with Gasteiger partial charge in [-0.3, -0.25) is 0 Å². The van der Waals surface area contributed by atoms with E-state index in [9.17, 15) is 9.59 Å². The predicted molar refractivity (Wildman–Crippen MR) is 70.0 cm³/mol. The van der Waals surface area contributed by atoms with E-state index >= 15 is 0 Å². The minimum atomic E-state index is -0.983. The molecule has 2 N–H and O–H groups in total. The number of carboxylic acid groups (broad SMARTS) is 1. The lowest BCUT2D eigenvalue weighted by Crippen LogP contribution is -2.48. The predicted octanol–water partition coefficient (Wildman–Crippen LogP) is 0.625. The van der Waals surface area contributed by atoms with Crippen LogP contribution in [-0.2, 0) is 9.53 Å². The normalized spacial score (nSPS) is 17.9. The molecule has 0 aromatic carbocycles. The summed E-state index contributed by atoms with van der Waals surface area (Å²) in [5, 5.41) is 11.6. The number of hydrogen-bond donors (Lipinski definition) is 2. The molecule has 0 radical (unpaired) electrons. The molecule has 6 nitrogen and oxygen atoms in total. The summed E-state index contributed by atoms with van der Waals surface area (Å²) in [4.78, 5) is 24.6. The van der Waals surface area contributed by atoms with E-state index in [1.54, 1.807) is 16.7 Å². The monoisotopic (exact) mass is 276 g/mol. The van der Waals surface area contributed by atoms with Gasteiger partial charge in [-0.05, 0) is 24.9 Å². The third kappa shape index (κ3) is 5.14. The zero-order valence-electron chi connectivity index (χ0n) is 10.6. The summed E-state index contributed by atoms with van der Waals surface area (Å²) in [5.74, 6) is -0.274. The number of ether oxygens (including phenoxy) is 1. The molecule has 18 heavy (non-hydrogen) atoms. The van der Waals surface area contributed by atoms with Crippen LogP contribution >= 0.6 is 11.8 Å². The summed E-state index contributed by atoms with van der Waals surface area (Å²) >= 11 is 1.57. The molecule has 0 bridgehead atoms. The van der Waals surface area contributed by atoms with Crippen molar-refractivity contribution in [3.63, 3.8) is 0 Å². The van der Waals surface area contributed by atoms with Gasteiger partial charge in [-0.25, -0.2) is 9.59 Å². The molecule has 1 fully saturated rings. The van der Waals surface area contributed by atoms with E-state index in [4.69, 9.17) is 9.84 Å². The average Bonchev–Trinajstić information content (AvgIpc) is 2.62. The quantitative estimate of drug-likeness (QED) is 0.770. The lowest BCUT2D eigenvalue weighted by atomic mass is 10.2. The number of carbonyl (C=O) groups excluding carboxylic acids is 1. The van der Waals surface area contributed by atoms with Crippen molar-refractivity contribution in [1.82, 2.24) is 10.2 Å². The van der Waals surface area contributed by atoms with Gasteiger partial charge in [0.1, 0.15) is 6.04 Å².